The molecule has 3 rings (SSSR count). The second-order valence-electron chi connectivity index (χ2n) is 7.92. The molecule has 162 valence electrons. The molecule has 1 fully saturated rings. The van der Waals surface area contributed by atoms with E-state index in [4.69, 9.17) is 4.74 Å². The molecule has 1 N–H and O–H groups in total. The highest BCUT2D eigenvalue weighted by atomic mass is 32.2. The van der Waals surface area contributed by atoms with E-state index >= 15 is 0 Å². The fourth-order valence-corrected chi connectivity index (χ4v) is 5.13. The Morgan fingerprint density at radius 3 is 2.43 bits per heavy atom. The number of nitrogens with one attached hydrogen (secondary N) is 1. The number of aryl methyl sites for hydroxylation is 2. The van der Waals surface area contributed by atoms with Crippen LogP contribution in [0.15, 0.2) is 41.3 Å². The van der Waals surface area contributed by atoms with Crippen LogP contribution in [0.5, 0.6) is 5.75 Å². The predicted octanol–water partition coefficient (Wildman–Crippen LogP) is 3.98. The number of piperidine rings is 1. The number of sulfonamides is 1. The molecule has 0 saturated carbocycles. The molecule has 2 aromatic rings. The lowest BCUT2D eigenvalue weighted by atomic mass is 10.0. The van der Waals surface area contributed by atoms with E-state index in [1.54, 1.807) is 11.0 Å². The third-order valence-electron chi connectivity index (χ3n) is 5.59. The van der Waals surface area contributed by atoms with Crippen molar-refractivity contribution in [2.75, 3.05) is 20.2 Å². The fraction of sp³-hybridized carbons (Fsp3) is 0.435. The molecule has 7 heteroatoms. The molecule has 0 bridgehead atoms. The zero-order valence-electron chi connectivity index (χ0n) is 18.1. The maximum absolute atomic E-state index is 13.1. The van der Waals surface area contributed by atoms with Gasteiger partial charge < -0.3 is 9.64 Å². The first-order valence-electron chi connectivity index (χ1n) is 10.3. The van der Waals surface area contributed by atoms with Crippen LogP contribution in [0.1, 0.15) is 59.3 Å². The van der Waals surface area contributed by atoms with E-state index < -0.39 is 16.1 Å². The van der Waals surface area contributed by atoms with Crippen molar-refractivity contribution in [1.29, 1.82) is 0 Å². The first kappa shape index (κ1) is 22.3. The van der Waals surface area contributed by atoms with Crippen molar-refractivity contribution in [2.24, 2.45) is 0 Å². The van der Waals surface area contributed by atoms with Gasteiger partial charge in [0.15, 0.2) is 0 Å². The van der Waals surface area contributed by atoms with Gasteiger partial charge >= 0.3 is 0 Å². The lowest BCUT2D eigenvalue weighted by Crippen LogP contribution is -2.36. The molecule has 0 aliphatic carbocycles. The van der Waals surface area contributed by atoms with Gasteiger partial charge in [0.05, 0.1) is 17.6 Å². The number of carbonyl (C=O) groups is 1. The van der Waals surface area contributed by atoms with Gasteiger partial charge in [-0.1, -0.05) is 23.8 Å². The van der Waals surface area contributed by atoms with Crippen molar-refractivity contribution in [2.45, 2.75) is 51.0 Å². The van der Waals surface area contributed by atoms with Gasteiger partial charge in [-0.15, -0.1) is 0 Å². The van der Waals surface area contributed by atoms with Crippen molar-refractivity contribution in [3.05, 3.63) is 58.7 Å². The van der Waals surface area contributed by atoms with Crippen LogP contribution in [-0.2, 0) is 10.0 Å². The van der Waals surface area contributed by atoms with Crippen molar-refractivity contribution >= 4 is 15.9 Å². The summed E-state index contributed by atoms with van der Waals surface area (Å²) in [5.41, 5.74) is 3.30. The van der Waals surface area contributed by atoms with Crippen molar-refractivity contribution in [1.82, 2.24) is 9.62 Å². The van der Waals surface area contributed by atoms with Gasteiger partial charge in [-0.3, -0.25) is 4.79 Å². The number of hydrogen-bond acceptors (Lipinski definition) is 4. The molecule has 1 heterocycles. The molecule has 0 unspecified atom stereocenters. The molecule has 1 amide bonds. The van der Waals surface area contributed by atoms with E-state index in [0.29, 0.717) is 18.8 Å². The van der Waals surface area contributed by atoms with E-state index in [1.165, 1.54) is 19.2 Å². The molecule has 6 nitrogen and oxygen atoms in total. The Morgan fingerprint density at radius 2 is 1.77 bits per heavy atom. The summed E-state index contributed by atoms with van der Waals surface area (Å²) < 4.78 is 34.3. The SMILES string of the molecule is COc1ccc(S(=O)(=O)N[C@@H](C)c2cc(C)ccc2C)cc1C(=O)N1CCCCC1. The number of benzene rings is 2. The molecule has 1 aliphatic heterocycles. The standard InChI is InChI=1S/C23H30N2O4S/c1-16-8-9-17(2)20(14-16)18(3)24-30(27,28)19-10-11-22(29-4)21(15-19)23(26)25-12-6-5-7-13-25/h8-11,14-15,18,24H,5-7,12-13H2,1-4H3/t18-/m0/s1. The molecule has 0 spiro atoms. The van der Waals surface area contributed by atoms with E-state index in [-0.39, 0.29) is 16.4 Å². The molecule has 30 heavy (non-hydrogen) atoms. The fourth-order valence-electron chi connectivity index (χ4n) is 3.88. The van der Waals surface area contributed by atoms with Crippen LogP contribution in [0.3, 0.4) is 0 Å². The second-order valence-corrected chi connectivity index (χ2v) is 9.63. The number of rotatable bonds is 6. The summed E-state index contributed by atoms with van der Waals surface area (Å²) in [7, 11) is -2.34. The number of hydrogen-bond donors (Lipinski definition) is 1. The molecule has 0 aromatic heterocycles. The molecule has 1 atom stereocenters. The lowest BCUT2D eigenvalue weighted by molar-refractivity contribution is 0.0720. The minimum Gasteiger partial charge on any atom is -0.496 e. The monoisotopic (exact) mass is 430 g/mol. The number of carbonyl (C=O) groups excluding carboxylic acids is 1. The summed E-state index contributed by atoms with van der Waals surface area (Å²) in [6.07, 6.45) is 3.03. The van der Waals surface area contributed by atoms with Gasteiger partial charge in [0.1, 0.15) is 5.75 Å². The molecule has 1 saturated heterocycles. The summed E-state index contributed by atoms with van der Waals surface area (Å²) >= 11 is 0. The Balaban J connectivity index is 1.90. The summed E-state index contributed by atoms with van der Waals surface area (Å²) in [4.78, 5) is 14.8. The summed E-state index contributed by atoms with van der Waals surface area (Å²) in [5.74, 6) is 0.193. The van der Waals surface area contributed by atoms with Crippen LogP contribution in [-0.4, -0.2) is 39.4 Å². The topological polar surface area (TPSA) is 75.7 Å². The third-order valence-corrected chi connectivity index (χ3v) is 7.13. The van der Waals surface area contributed by atoms with Gasteiger partial charge in [0.25, 0.3) is 5.91 Å². The van der Waals surface area contributed by atoms with Crippen molar-refractivity contribution in [3.8, 4) is 5.75 Å². The minimum absolute atomic E-state index is 0.0563. The van der Waals surface area contributed by atoms with E-state index in [2.05, 4.69) is 4.72 Å². The Bertz CT molecular complexity index is 1030. The Kier molecular flexibility index (Phi) is 6.83. The highest BCUT2D eigenvalue weighted by Gasteiger charge is 2.25. The minimum atomic E-state index is -3.83. The highest BCUT2D eigenvalue weighted by Crippen LogP contribution is 2.27. The molecule has 0 radical (unpaired) electrons. The van der Waals surface area contributed by atoms with Crippen molar-refractivity contribution in [3.63, 3.8) is 0 Å². The Morgan fingerprint density at radius 1 is 1.07 bits per heavy atom. The number of ether oxygens (including phenoxy) is 1. The molecular weight excluding hydrogens is 400 g/mol. The number of amides is 1. The number of likely N-dealkylation sites (tertiary alicyclic amines) is 1. The zero-order valence-corrected chi connectivity index (χ0v) is 18.9. The van der Waals surface area contributed by atoms with Gasteiger partial charge in [0.2, 0.25) is 10.0 Å². The van der Waals surface area contributed by atoms with Crippen LogP contribution >= 0.6 is 0 Å². The summed E-state index contributed by atoms with van der Waals surface area (Å²) in [6.45, 7) is 7.12. The smallest absolute Gasteiger partial charge is 0.257 e. The molecule has 2 aromatic carbocycles. The average molecular weight is 431 g/mol. The van der Waals surface area contributed by atoms with Crippen LogP contribution in [0.25, 0.3) is 0 Å². The second kappa shape index (κ2) is 9.18. The molecular formula is C23H30N2O4S. The van der Waals surface area contributed by atoms with E-state index in [1.807, 2.05) is 39.0 Å². The first-order chi connectivity index (χ1) is 14.2. The normalized spacial score (nSPS) is 15.7. The predicted molar refractivity (Wildman–Crippen MR) is 117 cm³/mol. The number of methoxy groups -OCH3 is 1. The highest BCUT2D eigenvalue weighted by molar-refractivity contribution is 7.89. The van der Waals surface area contributed by atoms with Crippen LogP contribution in [0.2, 0.25) is 0 Å². The van der Waals surface area contributed by atoms with Crippen LogP contribution < -0.4 is 9.46 Å². The van der Waals surface area contributed by atoms with Gasteiger partial charge in [-0.2, -0.15) is 0 Å². The maximum Gasteiger partial charge on any atom is 0.257 e. The van der Waals surface area contributed by atoms with Crippen LogP contribution in [0.4, 0.5) is 0 Å². The van der Waals surface area contributed by atoms with Crippen LogP contribution in [0, 0.1) is 13.8 Å². The first-order valence-corrected chi connectivity index (χ1v) is 11.8. The Labute approximate surface area is 179 Å². The zero-order chi connectivity index (χ0) is 21.9. The molecule has 1 aliphatic rings. The maximum atomic E-state index is 13.1. The Hall–Kier alpha value is -2.38. The van der Waals surface area contributed by atoms with Crippen molar-refractivity contribution < 1.29 is 17.9 Å². The van der Waals surface area contributed by atoms with Gasteiger partial charge in [-0.25, -0.2) is 13.1 Å². The summed E-state index contributed by atoms with van der Waals surface area (Å²) in [5, 5.41) is 0. The lowest BCUT2D eigenvalue weighted by Gasteiger charge is -2.27. The summed E-state index contributed by atoms with van der Waals surface area (Å²) in [6, 6.07) is 10.0. The van der Waals surface area contributed by atoms with E-state index in [9.17, 15) is 13.2 Å². The van der Waals surface area contributed by atoms with E-state index in [0.717, 1.165) is 36.0 Å². The van der Waals surface area contributed by atoms with Gasteiger partial charge in [-0.05, 0) is 69.4 Å². The quantitative estimate of drug-likeness (QED) is 0.752. The average Bonchev–Trinajstić information content (AvgIpc) is 2.74. The third kappa shape index (κ3) is 4.84. The largest absolute Gasteiger partial charge is 0.496 e. The van der Waals surface area contributed by atoms with Gasteiger partial charge in [0, 0.05) is 19.1 Å². The number of nitrogens with zero attached hydrogens (tertiary/aromatic N) is 1.